The molecular formula is C56H80N4O16S2. The van der Waals surface area contributed by atoms with E-state index in [1.807, 2.05) is 81.4 Å². The molecule has 3 saturated heterocycles. The number of hydrogen-bond donors (Lipinski definition) is 4. The SMILES string of the molecule is CC(C)(C)OC(=O)N[C@@H](Cc1ccccc1)C1CO1.COc1ccc(S(=O)(=O)N(C[C@@H](O)[C@H](Cc2ccccc2)NC(=O)OC(C)(C)C)OCC2CCCCO2)cc1.COc1ccc(S(=O)(=O)NOCC2CCCCO2)cc1. The lowest BCUT2D eigenvalue weighted by molar-refractivity contribution is -0.147. The molecule has 0 saturated carbocycles. The number of rotatable bonds is 22. The summed E-state index contributed by atoms with van der Waals surface area (Å²) < 4.78 is 89.2. The van der Waals surface area contributed by atoms with Gasteiger partial charge in [0.25, 0.3) is 20.0 Å². The molecule has 0 spiro atoms. The molecule has 3 heterocycles. The lowest BCUT2D eigenvalue weighted by atomic mass is 10.0. The molecule has 4 aromatic carbocycles. The number of sulfonamides is 2. The maximum absolute atomic E-state index is 13.6. The number of carbonyl (C=O) groups is 2. The van der Waals surface area contributed by atoms with Crippen molar-refractivity contribution in [1.29, 1.82) is 0 Å². The highest BCUT2D eigenvalue weighted by Crippen LogP contribution is 2.24. The van der Waals surface area contributed by atoms with Crippen molar-refractivity contribution in [1.82, 2.24) is 20.0 Å². The lowest BCUT2D eigenvalue weighted by Crippen LogP contribution is -2.51. The molecule has 3 unspecified atom stereocenters. The molecule has 3 aliphatic rings. The standard InChI is InChI=1S/C28H40N2O8S.C15H21NO3.C13H19NO5S/c1-28(2,3)38-27(32)29-25(18-21-10-6-5-7-11-21)26(31)19-30(37-20-23-12-8-9-17-36-23)39(33,34)24-15-13-22(35-4)14-16-24;1-15(2,3)19-14(17)16-12(13-10-18-13)9-11-7-5-4-6-8-11;1-17-11-5-7-13(8-6-11)20(15,16)14-19-10-12-4-2-3-9-18-12/h5-7,10-11,13-16,23,25-26,31H,8-9,12,17-20H2,1-4H3,(H,29,32);4-8,12-13H,9-10H2,1-3H3,(H,16,17);5-8,12,14H,2-4,9-10H2,1H3/t23?,25-,26+;12-,13?;/m00./s1. The Labute approximate surface area is 460 Å². The number of amides is 2. The van der Waals surface area contributed by atoms with Crippen LogP contribution in [0.1, 0.15) is 91.2 Å². The molecule has 4 aromatic rings. The van der Waals surface area contributed by atoms with Crippen LogP contribution in [0.4, 0.5) is 9.59 Å². The molecule has 3 fully saturated rings. The van der Waals surface area contributed by atoms with Crippen molar-refractivity contribution in [2.45, 2.75) is 150 Å². The maximum atomic E-state index is 13.6. The second-order valence-electron chi connectivity index (χ2n) is 20.8. The normalized spacial score (nSPS) is 18.8. The molecule has 22 heteroatoms. The zero-order valence-electron chi connectivity index (χ0n) is 46.1. The second-order valence-corrected chi connectivity index (χ2v) is 24.3. The number of nitrogens with one attached hydrogen (secondary N) is 3. The first kappa shape index (κ1) is 63.4. The van der Waals surface area contributed by atoms with Crippen LogP contribution in [-0.4, -0.2) is 140 Å². The van der Waals surface area contributed by atoms with Gasteiger partial charge in [-0.15, -0.1) is 0 Å². The molecule has 6 atom stereocenters. The zero-order chi connectivity index (χ0) is 56.8. The molecule has 78 heavy (non-hydrogen) atoms. The number of hydroxylamine groups is 1. The number of aliphatic hydroxyl groups excluding tert-OH is 1. The number of ether oxygens (including phenoxy) is 7. The van der Waals surface area contributed by atoms with Crippen molar-refractivity contribution >= 4 is 32.2 Å². The van der Waals surface area contributed by atoms with E-state index in [1.165, 1.54) is 56.2 Å². The largest absolute Gasteiger partial charge is 0.497 e. The van der Waals surface area contributed by atoms with E-state index >= 15 is 0 Å². The monoisotopic (exact) mass is 1130 g/mol. The smallest absolute Gasteiger partial charge is 0.407 e. The van der Waals surface area contributed by atoms with E-state index in [-0.39, 0.29) is 59.9 Å². The second kappa shape index (κ2) is 30.8. The summed E-state index contributed by atoms with van der Waals surface area (Å²) in [6, 6.07) is 30.4. The summed E-state index contributed by atoms with van der Waals surface area (Å²) >= 11 is 0. The fourth-order valence-corrected chi connectivity index (χ4v) is 9.99. The van der Waals surface area contributed by atoms with E-state index < -0.39 is 56.0 Å². The number of alkyl carbamates (subject to hydrolysis) is 2. The third kappa shape index (κ3) is 23.1. The Morgan fingerprint density at radius 2 is 1.12 bits per heavy atom. The van der Waals surface area contributed by atoms with Gasteiger partial charge in [-0.1, -0.05) is 70.0 Å². The molecule has 0 aromatic heterocycles. The first-order chi connectivity index (χ1) is 37.0. The van der Waals surface area contributed by atoms with Crippen molar-refractivity contribution in [3.05, 3.63) is 120 Å². The van der Waals surface area contributed by atoms with Gasteiger partial charge in [-0.3, -0.25) is 9.68 Å². The summed E-state index contributed by atoms with van der Waals surface area (Å²) in [6.45, 7) is 12.5. The van der Waals surface area contributed by atoms with E-state index in [9.17, 15) is 31.5 Å². The highest BCUT2D eigenvalue weighted by molar-refractivity contribution is 7.89. The molecule has 2 amide bonds. The molecule has 20 nitrogen and oxygen atoms in total. The van der Waals surface area contributed by atoms with Crippen LogP contribution < -0.4 is 25.0 Å². The number of methoxy groups -OCH3 is 2. The molecular weight excluding hydrogens is 1050 g/mol. The predicted molar refractivity (Wildman–Crippen MR) is 292 cm³/mol. The number of benzene rings is 4. The van der Waals surface area contributed by atoms with Gasteiger partial charge in [0.1, 0.15) is 28.8 Å². The number of nitrogens with zero attached hydrogens (tertiary/aromatic N) is 1. The first-order valence-corrected chi connectivity index (χ1v) is 29.1. The summed E-state index contributed by atoms with van der Waals surface area (Å²) in [5.74, 6) is 1.10. The highest BCUT2D eigenvalue weighted by Gasteiger charge is 2.36. The number of hydrogen-bond acceptors (Lipinski definition) is 16. The van der Waals surface area contributed by atoms with E-state index in [2.05, 4.69) is 15.5 Å². The minimum Gasteiger partial charge on any atom is -0.497 e. The van der Waals surface area contributed by atoms with Crippen LogP contribution in [0.3, 0.4) is 0 Å². The lowest BCUT2D eigenvalue weighted by Gasteiger charge is -2.31. The Bertz CT molecular complexity index is 2600. The van der Waals surface area contributed by atoms with Crippen LogP contribution >= 0.6 is 0 Å². The van der Waals surface area contributed by atoms with Gasteiger partial charge in [0, 0.05) is 13.2 Å². The average Bonchev–Trinajstić information content (AvgIpc) is 4.26. The quantitative estimate of drug-likeness (QED) is 0.0435. The van der Waals surface area contributed by atoms with Crippen LogP contribution in [0.2, 0.25) is 0 Å². The average molecular weight is 1130 g/mol. The molecule has 4 N–H and O–H groups in total. The third-order valence-electron chi connectivity index (χ3n) is 12.0. The Morgan fingerprint density at radius 1 is 0.641 bits per heavy atom. The predicted octanol–water partition coefficient (Wildman–Crippen LogP) is 7.68. The van der Waals surface area contributed by atoms with Gasteiger partial charge in [-0.05, 0) is 153 Å². The summed E-state index contributed by atoms with van der Waals surface area (Å²) in [5.41, 5.74) is 0.795. The summed E-state index contributed by atoms with van der Waals surface area (Å²) in [5, 5.41) is 16.9. The van der Waals surface area contributed by atoms with Gasteiger partial charge in [0.15, 0.2) is 0 Å². The topological polar surface area (TPSA) is 248 Å². The molecule has 0 aliphatic carbocycles. The summed E-state index contributed by atoms with van der Waals surface area (Å²) in [6.07, 6.45) is 4.04. The zero-order valence-corrected chi connectivity index (χ0v) is 47.7. The van der Waals surface area contributed by atoms with E-state index in [0.717, 1.165) is 55.0 Å². The number of epoxide rings is 1. The molecule has 432 valence electrons. The first-order valence-electron chi connectivity index (χ1n) is 26.2. The molecule has 3 aliphatic heterocycles. The van der Waals surface area contributed by atoms with Crippen molar-refractivity contribution in [3.63, 3.8) is 0 Å². The van der Waals surface area contributed by atoms with E-state index in [1.54, 1.807) is 32.9 Å². The Kier molecular flexibility index (Phi) is 25.1. The van der Waals surface area contributed by atoms with Gasteiger partial charge < -0.3 is 48.9 Å². The molecule has 0 radical (unpaired) electrons. The van der Waals surface area contributed by atoms with Crippen molar-refractivity contribution in [3.8, 4) is 11.5 Å². The van der Waals surface area contributed by atoms with Gasteiger partial charge in [-0.25, -0.2) is 26.4 Å². The Balaban J connectivity index is 0.000000239. The van der Waals surface area contributed by atoms with E-state index in [4.69, 9.17) is 42.8 Å². The van der Waals surface area contributed by atoms with Crippen LogP contribution in [0.15, 0.2) is 119 Å². The van der Waals surface area contributed by atoms with Crippen molar-refractivity contribution in [2.75, 3.05) is 53.8 Å². The number of aliphatic hydroxyl groups is 1. The van der Waals surface area contributed by atoms with Gasteiger partial charge in [0.2, 0.25) is 0 Å². The Hall–Kier alpha value is -5.40. The fraction of sp³-hybridized carbons (Fsp3) is 0.536. The van der Waals surface area contributed by atoms with Crippen molar-refractivity contribution in [2.24, 2.45) is 0 Å². The minimum absolute atomic E-state index is 0.00491. The minimum atomic E-state index is -4.19. The van der Waals surface area contributed by atoms with Crippen molar-refractivity contribution < 1.29 is 74.4 Å². The summed E-state index contributed by atoms with van der Waals surface area (Å²) in [4.78, 5) is 37.5. The number of carbonyl (C=O) groups excluding carboxylic acids is 2. The molecule has 7 rings (SSSR count). The van der Waals surface area contributed by atoms with Crippen LogP contribution in [0.25, 0.3) is 0 Å². The highest BCUT2D eigenvalue weighted by atomic mass is 32.2. The van der Waals surface area contributed by atoms with Gasteiger partial charge >= 0.3 is 12.2 Å². The van der Waals surface area contributed by atoms with Gasteiger partial charge in [0.05, 0.1) is 80.8 Å². The third-order valence-corrected chi connectivity index (χ3v) is 14.9. The van der Waals surface area contributed by atoms with Crippen LogP contribution in [0, 0.1) is 0 Å². The van der Waals surface area contributed by atoms with E-state index in [0.29, 0.717) is 31.3 Å². The van der Waals surface area contributed by atoms with Gasteiger partial charge in [-0.2, -0.15) is 0 Å². The fourth-order valence-electron chi connectivity index (χ4n) is 7.92. The maximum Gasteiger partial charge on any atom is 0.407 e. The van der Waals surface area contributed by atoms with Crippen LogP contribution in [0.5, 0.6) is 11.5 Å². The summed E-state index contributed by atoms with van der Waals surface area (Å²) in [7, 11) is -4.85. The Morgan fingerprint density at radius 3 is 1.58 bits per heavy atom. The van der Waals surface area contributed by atoms with Crippen LogP contribution in [-0.2, 0) is 66.2 Å². The molecule has 0 bridgehead atoms.